The molecule has 0 saturated carbocycles. The van der Waals surface area contributed by atoms with E-state index in [2.05, 4.69) is 216 Å². The van der Waals surface area contributed by atoms with Gasteiger partial charge in [-0.05, 0) is 88.3 Å². The molecule has 10 rings (SSSR count). The van der Waals surface area contributed by atoms with Gasteiger partial charge in [0.15, 0.2) is 0 Å². The second kappa shape index (κ2) is 13.4. The zero-order chi connectivity index (χ0) is 35.8. The predicted molar refractivity (Wildman–Crippen MR) is 227 cm³/mol. The van der Waals surface area contributed by atoms with Crippen LogP contribution in [0.2, 0.25) is 0 Å². The van der Waals surface area contributed by atoms with Crippen LogP contribution in [0.5, 0.6) is 0 Å². The average Bonchev–Trinajstić information content (AvgIpc) is 3.59. The van der Waals surface area contributed by atoms with Crippen LogP contribution in [0.1, 0.15) is 0 Å². The smallest absolute Gasteiger partial charge is 0.138 e. The zero-order valence-corrected chi connectivity index (χ0v) is 29.5. The Morgan fingerprint density at radius 1 is 0.352 bits per heavy atom. The summed E-state index contributed by atoms with van der Waals surface area (Å²) in [6, 6.07) is 75.7. The summed E-state index contributed by atoms with van der Waals surface area (Å²) in [6.45, 7) is 0. The van der Waals surface area contributed by atoms with Gasteiger partial charge in [-0.3, -0.25) is 4.57 Å². The maximum absolute atomic E-state index is 5.31. The van der Waals surface area contributed by atoms with Crippen molar-refractivity contribution in [1.29, 1.82) is 0 Å². The van der Waals surface area contributed by atoms with Crippen molar-refractivity contribution >= 4 is 49.6 Å². The lowest BCUT2D eigenvalue weighted by Gasteiger charge is -2.27. The van der Waals surface area contributed by atoms with E-state index in [4.69, 9.17) is 4.98 Å². The molecule has 0 fully saturated rings. The van der Waals surface area contributed by atoms with E-state index in [1.165, 1.54) is 32.7 Å². The van der Waals surface area contributed by atoms with Crippen LogP contribution in [-0.4, -0.2) is 9.55 Å². The van der Waals surface area contributed by atoms with Crippen LogP contribution in [-0.2, 0) is 0 Å². The Morgan fingerprint density at radius 3 is 1.70 bits per heavy atom. The first-order valence-electron chi connectivity index (χ1n) is 18.4. The Kier molecular flexibility index (Phi) is 7.81. The minimum Gasteiger partial charge on any atom is -0.310 e. The molecule has 3 nitrogen and oxygen atoms in total. The van der Waals surface area contributed by atoms with Gasteiger partial charge in [-0.2, -0.15) is 0 Å². The van der Waals surface area contributed by atoms with Crippen molar-refractivity contribution in [2.24, 2.45) is 0 Å². The standard InChI is InChI=1S/C51H35N3/c1-4-15-36(16-5-1)41-34-47(39-18-6-2-7-19-39)52-51(35-41)54-49-25-13-12-24-45(49)46-33-40(29-32-50(46)54)37-27-30-43(31-28-37)53(42-21-8-3-9-22-42)48-26-14-20-38-17-10-11-23-44(38)48/h1-35H. The first-order valence-corrected chi connectivity index (χ1v) is 18.4. The van der Waals surface area contributed by atoms with Gasteiger partial charge in [0.2, 0.25) is 0 Å². The molecule has 0 spiro atoms. The number of pyridine rings is 1. The average molecular weight is 690 g/mol. The lowest BCUT2D eigenvalue weighted by Crippen LogP contribution is -2.10. The van der Waals surface area contributed by atoms with Crippen molar-refractivity contribution in [2.75, 3.05) is 4.90 Å². The van der Waals surface area contributed by atoms with Gasteiger partial charge in [0.05, 0.1) is 22.4 Å². The summed E-state index contributed by atoms with van der Waals surface area (Å²) in [6.07, 6.45) is 0. The van der Waals surface area contributed by atoms with E-state index in [1.807, 2.05) is 6.07 Å². The summed E-state index contributed by atoms with van der Waals surface area (Å²) < 4.78 is 2.32. The summed E-state index contributed by atoms with van der Waals surface area (Å²) >= 11 is 0. The van der Waals surface area contributed by atoms with E-state index in [0.29, 0.717) is 0 Å². The SMILES string of the molecule is c1ccc(-c2cc(-c3ccccc3)nc(-n3c4ccccc4c4cc(-c5ccc(N(c6ccccc6)c6cccc7ccccc67)cc5)ccc43)c2)cc1. The van der Waals surface area contributed by atoms with Crippen molar-refractivity contribution in [3.8, 4) is 39.3 Å². The number of hydrogen-bond donors (Lipinski definition) is 0. The molecule has 0 amide bonds. The number of hydrogen-bond acceptors (Lipinski definition) is 2. The quantitative estimate of drug-likeness (QED) is 0.166. The first-order chi connectivity index (χ1) is 26.8. The maximum atomic E-state index is 5.31. The largest absolute Gasteiger partial charge is 0.310 e. The molecule has 10 aromatic rings. The van der Waals surface area contributed by atoms with Crippen LogP contribution < -0.4 is 4.90 Å². The third-order valence-corrected chi connectivity index (χ3v) is 10.4. The Morgan fingerprint density at radius 2 is 0.926 bits per heavy atom. The molecule has 0 bridgehead atoms. The number of aromatic nitrogens is 2. The van der Waals surface area contributed by atoms with Crippen molar-refractivity contribution in [3.63, 3.8) is 0 Å². The number of nitrogens with zero attached hydrogens (tertiary/aromatic N) is 3. The highest BCUT2D eigenvalue weighted by Gasteiger charge is 2.18. The Labute approximate surface area is 314 Å². The topological polar surface area (TPSA) is 21.1 Å². The van der Waals surface area contributed by atoms with E-state index in [1.54, 1.807) is 0 Å². The molecular formula is C51H35N3. The number of fused-ring (bicyclic) bond motifs is 4. The Balaban J connectivity index is 1.09. The number of para-hydroxylation sites is 2. The van der Waals surface area contributed by atoms with Gasteiger partial charge in [-0.25, -0.2) is 4.98 Å². The monoisotopic (exact) mass is 689 g/mol. The van der Waals surface area contributed by atoms with E-state index < -0.39 is 0 Å². The van der Waals surface area contributed by atoms with Gasteiger partial charge >= 0.3 is 0 Å². The lowest BCUT2D eigenvalue weighted by atomic mass is 10.0. The van der Waals surface area contributed by atoms with E-state index in [9.17, 15) is 0 Å². The summed E-state index contributed by atoms with van der Waals surface area (Å²) in [4.78, 5) is 7.66. The minimum atomic E-state index is 0.896. The van der Waals surface area contributed by atoms with Gasteiger partial charge in [-0.15, -0.1) is 0 Å². The molecule has 0 atom stereocenters. The molecule has 0 aliphatic rings. The molecule has 0 saturated heterocycles. The van der Waals surface area contributed by atoms with Crippen LogP contribution in [0.15, 0.2) is 212 Å². The fraction of sp³-hybridized carbons (Fsp3) is 0. The fourth-order valence-electron chi connectivity index (χ4n) is 7.79. The first kappa shape index (κ1) is 31.5. The van der Waals surface area contributed by atoms with Crippen molar-refractivity contribution in [3.05, 3.63) is 212 Å². The van der Waals surface area contributed by atoms with E-state index in [-0.39, 0.29) is 0 Å². The van der Waals surface area contributed by atoms with Crippen molar-refractivity contribution in [1.82, 2.24) is 9.55 Å². The van der Waals surface area contributed by atoms with Crippen LogP contribution in [0.3, 0.4) is 0 Å². The number of benzene rings is 8. The van der Waals surface area contributed by atoms with Gasteiger partial charge in [0, 0.05) is 33.1 Å². The highest BCUT2D eigenvalue weighted by atomic mass is 15.1. The summed E-state index contributed by atoms with van der Waals surface area (Å²) in [7, 11) is 0. The Bertz CT molecular complexity index is 2850. The number of rotatable bonds is 7. The molecule has 54 heavy (non-hydrogen) atoms. The molecule has 0 radical (unpaired) electrons. The summed E-state index contributed by atoms with van der Waals surface area (Å²) in [5, 5.41) is 4.83. The molecule has 0 aliphatic heterocycles. The molecular weight excluding hydrogens is 655 g/mol. The maximum Gasteiger partial charge on any atom is 0.138 e. The minimum absolute atomic E-state index is 0.896. The van der Waals surface area contributed by atoms with Gasteiger partial charge in [0.25, 0.3) is 0 Å². The third kappa shape index (κ3) is 5.60. The lowest BCUT2D eigenvalue weighted by molar-refractivity contribution is 1.08. The summed E-state index contributed by atoms with van der Waals surface area (Å²) in [5.74, 6) is 0.896. The van der Waals surface area contributed by atoms with E-state index >= 15 is 0 Å². The molecule has 0 N–H and O–H groups in total. The zero-order valence-electron chi connectivity index (χ0n) is 29.5. The Hall–Kier alpha value is -7.23. The van der Waals surface area contributed by atoms with Crippen LogP contribution in [0.4, 0.5) is 17.1 Å². The molecule has 254 valence electrons. The van der Waals surface area contributed by atoms with Crippen LogP contribution in [0, 0.1) is 0 Å². The molecule has 8 aromatic carbocycles. The highest BCUT2D eigenvalue weighted by molar-refractivity contribution is 6.10. The van der Waals surface area contributed by atoms with Gasteiger partial charge in [-0.1, -0.05) is 152 Å². The molecule has 2 heterocycles. The van der Waals surface area contributed by atoms with E-state index in [0.717, 1.165) is 56.3 Å². The normalized spacial score (nSPS) is 11.3. The second-order valence-electron chi connectivity index (χ2n) is 13.6. The molecule has 2 aromatic heterocycles. The van der Waals surface area contributed by atoms with Crippen molar-refractivity contribution in [2.45, 2.75) is 0 Å². The second-order valence-corrected chi connectivity index (χ2v) is 13.6. The molecule has 3 heteroatoms. The number of anilines is 3. The molecule has 0 unspecified atom stereocenters. The van der Waals surface area contributed by atoms with Crippen LogP contribution in [0.25, 0.3) is 71.9 Å². The fourth-order valence-corrected chi connectivity index (χ4v) is 7.79. The van der Waals surface area contributed by atoms with Crippen LogP contribution >= 0.6 is 0 Å². The van der Waals surface area contributed by atoms with Gasteiger partial charge in [0.1, 0.15) is 5.82 Å². The predicted octanol–water partition coefficient (Wildman–Crippen LogP) is 13.8. The highest BCUT2D eigenvalue weighted by Crippen LogP contribution is 2.41. The molecule has 0 aliphatic carbocycles. The summed E-state index contributed by atoms with van der Waals surface area (Å²) in [5.41, 5.74) is 12.3. The van der Waals surface area contributed by atoms with Gasteiger partial charge < -0.3 is 4.90 Å². The third-order valence-electron chi connectivity index (χ3n) is 10.4. The van der Waals surface area contributed by atoms with Crippen molar-refractivity contribution < 1.29 is 0 Å².